The third-order valence-electron chi connectivity index (χ3n) is 7.59. The minimum absolute atomic E-state index is 0.0175. The first-order chi connectivity index (χ1) is 16.5. The molecule has 0 unspecified atom stereocenters. The normalized spacial score (nSPS) is 19.0. The fraction of sp³-hybridized carbons (Fsp3) is 0.444. The number of benzene rings is 2. The topological polar surface area (TPSA) is 95.9 Å². The van der Waals surface area contributed by atoms with E-state index in [1.165, 1.54) is 11.1 Å². The number of amides is 2. The Morgan fingerprint density at radius 2 is 1.53 bits per heavy atom. The summed E-state index contributed by atoms with van der Waals surface area (Å²) in [5.41, 5.74) is 4.03. The van der Waals surface area contributed by atoms with E-state index in [1.54, 1.807) is 4.90 Å². The second kappa shape index (κ2) is 9.12. The third-order valence-corrected chi connectivity index (χ3v) is 7.59. The summed E-state index contributed by atoms with van der Waals surface area (Å²) in [5, 5.41) is 12.1. The maximum atomic E-state index is 12.9. The van der Waals surface area contributed by atoms with Crippen LogP contribution in [0.3, 0.4) is 0 Å². The van der Waals surface area contributed by atoms with E-state index < -0.39 is 23.5 Å². The lowest BCUT2D eigenvalue weighted by atomic mass is 9.78. The van der Waals surface area contributed by atoms with Crippen molar-refractivity contribution in [3.63, 3.8) is 0 Å². The minimum Gasteiger partial charge on any atom is -0.481 e. The Morgan fingerprint density at radius 1 is 0.941 bits per heavy atom. The van der Waals surface area contributed by atoms with Gasteiger partial charge in [0.25, 0.3) is 0 Å². The van der Waals surface area contributed by atoms with E-state index in [0.717, 1.165) is 43.2 Å². The van der Waals surface area contributed by atoms with Crippen LogP contribution in [0.15, 0.2) is 48.5 Å². The number of rotatable bonds is 6. The fourth-order valence-corrected chi connectivity index (χ4v) is 5.67. The van der Waals surface area contributed by atoms with E-state index in [0.29, 0.717) is 0 Å². The van der Waals surface area contributed by atoms with Crippen molar-refractivity contribution in [1.29, 1.82) is 0 Å². The van der Waals surface area contributed by atoms with Crippen LogP contribution in [0.2, 0.25) is 0 Å². The average Bonchev–Trinajstić information content (AvgIpc) is 3.10. The van der Waals surface area contributed by atoms with E-state index in [1.807, 2.05) is 24.3 Å². The van der Waals surface area contributed by atoms with E-state index in [4.69, 9.17) is 9.84 Å². The van der Waals surface area contributed by atoms with Crippen LogP contribution < -0.4 is 5.32 Å². The van der Waals surface area contributed by atoms with E-state index in [9.17, 15) is 14.4 Å². The summed E-state index contributed by atoms with van der Waals surface area (Å²) in [6.45, 7) is 0.723. The highest BCUT2D eigenvalue weighted by Crippen LogP contribution is 2.44. The van der Waals surface area contributed by atoms with Crippen LogP contribution in [-0.4, -0.2) is 53.2 Å². The zero-order valence-electron chi connectivity index (χ0n) is 19.2. The highest BCUT2D eigenvalue weighted by molar-refractivity contribution is 5.83. The lowest BCUT2D eigenvalue weighted by molar-refractivity contribution is -0.153. The Labute approximate surface area is 199 Å². The maximum absolute atomic E-state index is 12.9. The van der Waals surface area contributed by atoms with Gasteiger partial charge in [-0.25, -0.2) is 4.79 Å². The minimum atomic E-state index is -0.867. The summed E-state index contributed by atoms with van der Waals surface area (Å²) in [6, 6.07) is 16.4. The van der Waals surface area contributed by atoms with E-state index >= 15 is 0 Å². The van der Waals surface area contributed by atoms with Gasteiger partial charge in [0.1, 0.15) is 6.61 Å². The molecular weight excluding hydrogens is 432 g/mol. The Kier molecular flexibility index (Phi) is 6.02. The number of nitrogens with zero attached hydrogens (tertiary/aromatic N) is 1. The number of carboxylic acids is 1. The number of likely N-dealkylation sites (tertiary alicyclic amines) is 1. The maximum Gasteiger partial charge on any atom is 0.407 e. The number of ether oxygens (including phenoxy) is 1. The van der Waals surface area contributed by atoms with Crippen molar-refractivity contribution in [2.24, 2.45) is 5.92 Å². The van der Waals surface area contributed by atoms with Gasteiger partial charge in [0.2, 0.25) is 5.91 Å². The molecule has 34 heavy (non-hydrogen) atoms. The van der Waals surface area contributed by atoms with Gasteiger partial charge in [0.15, 0.2) is 0 Å². The summed E-state index contributed by atoms with van der Waals surface area (Å²) < 4.78 is 5.75. The quantitative estimate of drug-likeness (QED) is 0.672. The van der Waals surface area contributed by atoms with E-state index in [-0.39, 0.29) is 37.9 Å². The molecule has 178 valence electrons. The number of carbonyl (C=O) groups excluding carboxylic acids is 2. The number of carbonyl (C=O) groups is 3. The average molecular weight is 463 g/mol. The van der Waals surface area contributed by atoms with Crippen LogP contribution in [0.1, 0.15) is 55.6 Å². The molecule has 7 nitrogen and oxygen atoms in total. The van der Waals surface area contributed by atoms with Crippen molar-refractivity contribution in [3.8, 4) is 11.1 Å². The van der Waals surface area contributed by atoms with Crippen LogP contribution in [0.4, 0.5) is 4.79 Å². The fourth-order valence-electron chi connectivity index (χ4n) is 5.67. The molecular formula is C27H30N2O5. The number of fused-ring (bicyclic) bond motifs is 3. The molecule has 0 radical (unpaired) electrons. The number of hydrogen-bond donors (Lipinski definition) is 2. The zero-order chi connectivity index (χ0) is 23.7. The molecule has 0 spiro atoms. The van der Waals surface area contributed by atoms with Gasteiger partial charge in [-0.3, -0.25) is 9.59 Å². The number of alkyl carbamates (subject to hydrolysis) is 1. The SMILES string of the molecule is O=C(NC1(CC(=O)N2CC(C(=O)O)C2)CCCCC1)OCC1c2ccccc2-c2ccccc21. The summed E-state index contributed by atoms with van der Waals surface area (Å²) >= 11 is 0. The molecule has 0 atom stereocenters. The zero-order valence-corrected chi connectivity index (χ0v) is 19.2. The van der Waals surface area contributed by atoms with Gasteiger partial charge < -0.3 is 20.1 Å². The Balaban J connectivity index is 1.23. The Hall–Kier alpha value is -3.35. The monoisotopic (exact) mass is 462 g/mol. The van der Waals surface area contributed by atoms with Crippen molar-refractivity contribution < 1.29 is 24.2 Å². The van der Waals surface area contributed by atoms with Crippen LogP contribution in [-0.2, 0) is 14.3 Å². The molecule has 1 saturated heterocycles. The molecule has 0 aromatic heterocycles. The van der Waals surface area contributed by atoms with Gasteiger partial charge in [-0.15, -0.1) is 0 Å². The van der Waals surface area contributed by atoms with Gasteiger partial charge in [0.05, 0.1) is 17.9 Å². The van der Waals surface area contributed by atoms with Gasteiger partial charge in [-0.1, -0.05) is 67.8 Å². The molecule has 5 rings (SSSR count). The largest absolute Gasteiger partial charge is 0.481 e. The van der Waals surface area contributed by atoms with Crippen molar-refractivity contribution in [2.75, 3.05) is 19.7 Å². The smallest absolute Gasteiger partial charge is 0.407 e. The first kappa shape index (κ1) is 22.4. The van der Waals surface area contributed by atoms with Gasteiger partial charge in [-0.2, -0.15) is 0 Å². The predicted molar refractivity (Wildman–Crippen MR) is 126 cm³/mol. The molecule has 1 aliphatic heterocycles. The van der Waals surface area contributed by atoms with Crippen LogP contribution in [0, 0.1) is 5.92 Å². The van der Waals surface area contributed by atoms with Gasteiger partial charge >= 0.3 is 12.1 Å². The molecule has 2 amide bonds. The summed E-state index contributed by atoms with van der Waals surface area (Å²) in [7, 11) is 0. The number of nitrogens with one attached hydrogen (secondary N) is 1. The molecule has 2 fully saturated rings. The molecule has 0 bridgehead atoms. The van der Waals surface area contributed by atoms with Gasteiger partial charge in [0, 0.05) is 19.0 Å². The molecule has 2 aromatic rings. The van der Waals surface area contributed by atoms with Crippen LogP contribution in [0.5, 0.6) is 0 Å². The van der Waals surface area contributed by atoms with Gasteiger partial charge in [-0.05, 0) is 35.1 Å². The molecule has 1 heterocycles. The standard InChI is InChI=1S/C27H30N2O5/c30-24(29-15-18(16-29)25(31)32)14-27(12-6-1-7-13-27)28-26(33)34-17-23-21-10-4-2-8-19(21)20-9-3-5-11-22(20)23/h2-5,8-11,18,23H,1,6-7,12-17H2,(H,28,33)(H,31,32). The van der Waals surface area contributed by atoms with Crippen LogP contribution in [0.25, 0.3) is 11.1 Å². The Morgan fingerprint density at radius 3 is 2.12 bits per heavy atom. The van der Waals surface area contributed by atoms with Crippen molar-refractivity contribution >= 4 is 18.0 Å². The van der Waals surface area contributed by atoms with Crippen molar-refractivity contribution in [3.05, 3.63) is 59.7 Å². The van der Waals surface area contributed by atoms with Crippen molar-refractivity contribution in [2.45, 2.75) is 50.0 Å². The second-order valence-electron chi connectivity index (χ2n) is 9.80. The highest BCUT2D eigenvalue weighted by atomic mass is 16.5. The molecule has 3 aliphatic rings. The number of hydrogen-bond acceptors (Lipinski definition) is 4. The molecule has 2 aliphatic carbocycles. The summed E-state index contributed by atoms with van der Waals surface area (Å²) in [5.74, 6) is -1.47. The first-order valence-corrected chi connectivity index (χ1v) is 12.1. The Bertz CT molecular complexity index is 1060. The molecule has 7 heteroatoms. The lowest BCUT2D eigenvalue weighted by Crippen LogP contribution is -2.57. The number of aliphatic carboxylic acids is 1. The highest BCUT2D eigenvalue weighted by Gasteiger charge is 2.42. The van der Waals surface area contributed by atoms with Crippen LogP contribution >= 0.6 is 0 Å². The van der Waals surface area contributed by atoms with E-state index in [2.05, 4.69) is 29.6 Å². The third kappa shape index (κ3) is 4.27. The molecule has 1 saturated carbocycles. The lowest BCUT2D eigenvalue weighted by Gasteiger charge is -2.42. The van der Waals surface area contributed by atoms with Crippen molar-refractivity contribution in [1.82, 2.24) is 10.2 Å². The summed E-state index contributed by atoms with van der Waals surface area (Å²) in [6.07, 6.45) is 4.08. The second-order valence-corrected chi connectivity index (χ2v) is 9.80. The number of carboxylic acid groups (broad SMARTS) is 1. The predicted octanol–water partition coefficient (Wildman–Crippen LogP) is 4.16. The molecule has 2 aromatic carbocycles. The first-order valence-electron chi connectivity index (χ1n) is 12.1. The molecule has 2 N–H and O–H groups in total. The summed E-state index contributed by atoms with van der Waals surface area (Å²) in [4.78, 5) is 38.4.